The molecule has 5 nitrogen and oxygen atoms in total. The van der Waals surface area contributed by atoms with Crippen molar-refractivity contribution in [2.45, 2.75) is 6.92 Å². The van der Waals surface area contributed by atoms with Crippen LogP contribution < -0.4 is 4.72 Å². The van der Waals surface area contributed by atoms with Crippen molar-refractivity contribution in [3.63, 3.8) is 0 Å². The van der Waals surface area contributed by atoms with E-state index in [-0.39, 0.29) is 0 Å². The van der Waals surface area contributed by atoms with Gasteiger partial charge in [-0.25, -0.2) is 0 Å². The van der Waals surface area contributed by atoms with E-state index in [1.54, 1.807) is 12.1 Å². The summed E-state index contributed by atoms with van der Waals surface area (Å²) >= 11 is 0. The van der Waals surface area contributed by atoms with Crippen LogP contribution in [0, 0.1) is 18.1 Å². The van der Waals surface area contributed by atoms with E-state index in [1.807, 2.05) is 23.8 Å². The summed E-state index contributed by atoms with van der Waals surface area (Å²) < 4.78 is 24.4. The van der Waals surface area contributed by atoms with Crippen LogP contribution in [-0.2, 0) is 13.8 Å². The molecule has 7 heteroatoms. The van der Waals surface area contributed by atoms with Gasteiger partial charge in [-0.1, -0.05) is 23.6 Å². The Labute approximate surface area is 109 Å². The van der Waals surface area contributed by atoms with Crippen molar-refractivity contribution >= 4 is 25.8 Å². The number of aryl methyl sites for hydroxylation is 1. The Bertz CT molecular complexity index is 582. The molecule has 0 atom stereocenters. The summed E-state index contributed by atoms with van der Waals surface area (Å²) in [5, 5.41) is 10.7. The Morgan fingerprint density at radius 2 is 2.00 bits per heavy atom. The Morgan fingerprint density at radius 3 is 2.56 bits per heavy atom. The molecule has 0 amide bonds. The molecule has 0 fully saturated rings. The molecule has 0 aliphatic carbocycles. The summed E-state index contributed by atoms with van der Waals surface area (Å²) in [4.78, 5) is 10.2. The largest absolute Gasteiger partial charge is 0.480 e. The highest BCUT2D eigenvalue weighted by Gasteiger charge is 2.10. The lowest BCUT2D eigenvalue weighted by Crippen LogP contribution is -2.26. The molecule has 1 aromatic carbocycles. The molecule has 1 aromatic rings. The normalized spacial score (nSPS) is 10.5. The summed E-state index contributed by atoms with van der Waals surface area (Å²) in [5.41, 5.74) is 1.78. The predicted octanol–water partition coefficient (Wildman–Crippen LogP) is 0.956. The Kier molecular flexibility index (Phi) is 5.22. The molecule has 18 heavy (non-hydrogen) atoms. The summed E-state index contributed by atoms with van der Waals surface area (Å²) in [6, 6.07) is 7.29. The minimum Gasteiger partial charge on any atom is -0.480 e. The first-order valence-corrected chi connectivity index (χ1v) is 7.68. The number of carbonyl (C=O) groups is 1. The van der Waals surface area contributed by atoms with Crippen molar-refractivity contribution in [2.24, 2.45) is 0 Å². The smallest absolute Gasteiger partial charge is 0.318 e. The van der Waals surface area contributed by atoms with Crippen molar-refractivity contribution in [2.75, 3.05) is 6.54 Å². The highest BCUT2D eigenvalue weighted by molar-refractivity contribution is 8.73. The van der Waals surface area contributed by atoms with Crippen LogP contribution in [0.15, 0.2) is 24.3 Å². The van der Waals surface area contributed by atoms with E-state index in [0.29, 0.717) is 16.4 Å². The maximum absolute atomic E-state index is 11.3. The molecule has 2 N–H and O–H groups in total. The van der Waals surface area contributed by atoms with E-state index < -0.39 is 21.6 Å². The highest BCUT2D eigenvalue weighted by Crippen LogP contribution is 2.08. The van der Waals surface area contributed by atoms with Crippen LogP contribution in [0.2, 0.25) is 0 Å². The number of aliphatic carboxylic acids is 1. The SMILES string of the molecule is Cc1ccc(C#CSS(=O)(=O)NCC(=O)O)cc1. The van der Waals surface area contributed by atoms with Gasteiger partial charge in [0.2, 0.25) is 0 Å². The van der Waals surface area contributed by atoms with Crippen LogP contribution in [0.4, 0.5) is 0 Å². The standard InChI is InChI=1S/C11H11NO4S2/c1-9-2-4-10(5-3-9)6-7-17-18(15,16)12-8-11(13)14/h2-5,12H,8H2,1H3,(H,13,14). The first kappa shape index (κ1) is 14.6. The van der Waals surface area contributed by atoms with E-state index in [1.165, 1.54) is 0 Å². The number of rotatable bonds is 4. The fourth-order valence-electron chi connectivity index (χ4n) is 0.951. The second-order valence-corrected chi connectivity index (χ2v) is 6.73. The van der Waals surface area contributed by atoms with E-state index in [2.05, 4.69) is 11.2 Å². The Hall–Kier alpha value is -1.49. The number of carboxylic acid groups (broad SMARTS) is 1. The van der Waals surface area contributed by atoms with Crippen molar-refractivity contribution in [3.05, 3.63) is 35.4 Å². The molecule has 0 aliphatic heterocycles. The Morgan fingerprint density at radius 1 is 1.39 bits per heavy atom. The molecule has 0 aromatic heterocycles. The van der Waals surface area contributed by atoms with Gasteiger partial charge in [0.05, 0.1) is 10.8 Å². The summed E-state index contributed by atoms with van der Waals surface area (Å²) in [5.74, 6) is 1.42. The van der Waals surface area contributed by atoms with Gasteiger partial charge in [-0.05, 0) is 24.3 Å². The molecular formula is C11H11NO4S2. The van der Waals surface area contributed by atoms with E-state index in [4.69, 9.17) is 5.11 Å². The van der Waals surface area contributed by atoms with Crippen molar-refractivity contribution in [1.82, 2.24) is 4.72 Å². The highest BCUT2D eigenvalue weighted by atomic mass is 33.1. The maximum atomic E-state index is 11.3. The van der Waals surface area contributed by atoms with E-state index in [0.717, 1.165) is 5.56 Å². The number of benzene rings is 1. The lowest BCUT2D eigenvalue weighted by atomic mass is 10.2. The predicted molar refractivity (Wildman–Crippen MR) is 70.2 cm³/mol. The molecular weight excluding hydrogens is 274 g/mol. The second-order valence-electron chi connectivity index (χ2n) is 3.35. The molecule has 0 saturated carbocycles. The van der Waals surface area contributed by atoms with Gasteiger partial charge in [0.25, 0.3) is 9.06 Å². The van der Waals surface area contributed by atoms with Gasteiger partial charge < -0.3 is 5.11 Å². The second kappa shape index (κ2) is 6.44. The summed E-state index contributed by atoms with van der Waals surface area (Å²) in [7, 11) is -3.39. The van der Waals surface area contributed by atoms with Crippen LogP contribution in [0.5, 0.6) is 0 Å². The Balaban J connectivity index is 2.60. The van der Waals surface area contributed by atoms with Crippen LogP contribution in [0.3, 0.4) is 0 Å². The zero-order valence-electron chi connectivity index (χ0n) is 9.50. The number of carboxylic acids is 1. The summed E-state index contributed by atoms with van der Waals surface area (Å²) in [6.07, 6.45) is 0. The average molecular weight is 285 g/mol. The van der Waals surface area contributed by atoms with Gasteiger partial charge in [0, 0.05) is 5.56 Å². The molecule has 0 heterocycles. The molecule has 0 radical (unpaired) electrons. The van der Waals surface area contributed by atoms with Crippen molar-refractivity contribution < 1.29 is 18.3 Å². The molecule has 0 bridgehead atoms. The van der Waals surface area contributed by atoms with Gasteiger partial charge in [-0.2, -0.15) is 13.1 Å². The minimum absolute atomic E-state index is 0.356. The molecule has 0 aliphatic rings. The molecule has 0 unspecified atom stereocenters. The molecule has 1 rings (SSSR count). The fourth-order valence-corrected chi connectivity index (χ4v) is 2.39. The van der Waals surface area contributed by atoms with Crippen molar-refractivity contribution in [1.29, 1.82) is 0 Å². The van der Waals surface area contributed by atoms with Crippen LogP contribution >= 0.6 is 10.8 Å². The molecule has 0 spiro atoms. The van der Waals surface area contributed by atoms with Gasteiger partial charge in [0.15, 0.2) is 0 Å². The third-order valence-corrected chi connectivity index (χ3v) is 3.96. The van der Waals surface area contributed by atoms with Crippen LogP contribution in [-0.4, -0.2) is 26.0 Å². The third-order valence-electron chi connectivity index (χ3n) is 1.80. The van der Waals surface area contributed by atoms with Gasteiger partial charge in [-0.15, -0.1) is 0 Å². The minimum atomic E-state index is -3.74. The average Bonchev–Trinajstić information content (AvgIpc) is 2.29. The first-order valence-electron chi connectivity index (χ1n) is 4.86. The summed E-state index contributed by atoms with van der Waals surface area (Å²) in [6.45, 7) is 1.29. The maximum Gasteiger partial charge on any atom is 0.318 e. The lowest BCUT2D eigenvalue weighted by Gasteiger charge is -1.97. The van der Waals surface area contributed by atoms with Crippen LogP contribution in [0.25, 0.3) is 0 Å². The quantitative estimate of drug-likeness (QED) is 0.636. The molecule has 0 saturated heterocycles. The van der Waals surface area contributed by atoms with Crippen LogP contribution in [0.1, 0.15) is 11.1 Å². The monoisotopic (exact) mass is 285 g/mol. The zero-order chi connectivity index (χ0) is 13.6. The number of hydrogen-bond donors (Lipinski definition) is 2. The van der Waals surface area contributed by atoms with Gasteiger partial charge in [-0.3, -0.25) is 4.79 Å². The fraction of sp³-hybridized carbons (Fsp3) is 0.182. The zero-order valence-corrected chi connectivity index (χ0v) is 11.1. The van der Waals surface area contributed by atoms with E-state index >= 15 is 0 Å². The third kappa shape index (κ3) is 5.72. The van der Waals surface area contributed by atoms with Gasteiger partial charge >= 0.3 is 5.97 Å². The first-order chi connectivity index (χ1) is 8.39. The van der Waals surface area contributed by atoms with Gasteiger partial charge in [0.1, 0.15) is 6.54 Å². The van der Waals surface area contributed by atoms with Crippen molar-refractivity contribution in [3.8, 4) is 11.2 Å². The van der Waals surface area contributed by atoms with E-state index in [9.17, 15) is 13.2 Å². The number of hydrogen-bond acceptors (Lipinski definition) is 4. The topological polar surface area (TPSA) is 83.5 Å². The lowest BCUT2D eigenvalue weighted by molar-refractivity contribution is -0.135. The molecule has 96 valence electrons. The number of nitrogens with one attached hydrogen (secondary N) is 1.